The number of pyridine rings is 1. The second-order valence-electron chi connectivity index (χ2n) is 7.77. The lowest BCUT2D eigenvalue weighted by atomic mass is 9.99. The van der Waals surface area contributed by atoms with Crippen molar-refractivity contribution in [1.82, 2.24) is 19.9 Å². The van der Waals surface area contributed by atoms with Gasteiger partial charge in [0.25, 0.3) is 0 Å². The number of ether oxygens (including phenoxy) is 2. The van der Waals surface area contributed by atoms with Crippen LogP contribution in [-0.2, 0) is 9.53 Å². The molecule has 0 unspecified atom stereocenters. The van der Waals surface area contributed by atoms with Crippen LogP contribution in [0.15, 0.2) is 49.2 Å². The van der Waals surface area contributed by atoms with Crippen molar-refractivity contribution >= 4 is 17.5 Å². The number of carbonyl (C=O) groups is 2. The summed E-state index contributed by atoms with van der Waals surface area (Å²) in [6.45, 7) is 1.73. The van der Waals surface area contributed by atoms with E-state index in [4.69, 9.17) is 10.5 Å². The first-order chi connectivity index (χ1) is 17.2. The van der Waals surface area contributed by atoms with E-state index in [1.165, 1.54) is 18.6 Å². The molecule has 3 aromatic rings. The summed E-state index contributed by atoms with van der Waals surface area (Å²) in [5, 5.41) is 2.47. The lowest BCUT2D eigenvalue weighted by Gasteiger charge is -2.26. The lowest BCUT2D eigenvalue weighted by molar-refractivity contribution is -0.274. The fourth-order valence-electron chi connectivity index (χ4n) is 3.69. The molecule has 0 bridgehead atoms. The summed E-state index contributed by atoms with van der Waals surface area (Å²) >= 11 is 0. The molecule has 2 aromatic heterocycles. The van der Waals surface area contributed by atoms with Gasteiger partial charge in [0.15, 0.2) is 5.75 Å². The number of alkyl halides is 3. The Hall–Kier alpha value is -4.10. The van der Waals surface area contributed by atoms with Crippen LogP contribution in [0.5, 0.6) is 5.75 Å². The molecule has 4 rings (SSSR count). The van der Waals surface area contributed by atoms with Crippen LogP contribution < -0.4 is 15.8 Å². The first-order valence-corrected chi connectivity index (χ1v) is 10.8. The number of anilines is 1. The summed E-state index contributed by atoms with van der Waals surface area (Å²) < 4.78 is 49.0. The summed E-state index contributed by atoms with van der Waals surface area (Å²) in [5.74, 6) is -2.24. The van der Waals surface area contributed by atoms with Gasteiger partial charge in [0.2, 0.25) is 11.8 Å². The number of carbonyl (C=O) groups excluding carboxylic acids is 2. The fraction of sp³-hybridized carbons (Fsp3) is 0.261. The van der Waals surface area contributed by atoms with Crippen LogP contribution >= 0.6 is 0 Å². The van der Waals surface area contributed by atoms with Gasteiger partial charge in [-0.3, -0.25) is 19.5 Å². The van der Waals surface area contributed by atoms with E-state index in [1.807, 2.05) is 0 Å². The summed E-state index contributed by atoms with van der Waals surface area (Å²) in [6.07, 6.45) is 0.874. The van der Waals surface area contributed by atoms with Crippen LogP contribution in [0.25, 0.3) is 22.4 Å². The Morgan fingerprint density at radius 1 is 1.06 bits per heavy atom. The molecular weight excluding hydrogens is 481 g/mol. The average molecular weight is 502 g/mol. The number of primary amides is 1. The average Bonchev–Trinajstić information content (AvgIpc) is 2.85. The van der Waals surface area contributed by atoms with Crippen LogP contribution in [0, 0.1) is 0 Å². The molecule has 1 saturated heterocycles. The Morgan fingerprint density at radius 2 is 1.78 bits per heavy atom. The number of rotatable bonds is 7. The van der Waals surface area contributed by atoms with Gasteiger partial charge < -0.3 is 20.5 Å². The maximum atomic E-state index is 13.2. The van der Waals surface area contributed by atoms with Crippen LogP contribution in [0.3, 0.4) is 0 Å². The molecule has 36 heavy (non-hydrogen) atoms. The molecular formula is C23H21F3N6O4. The van der Waals surface area contributed by atoms with E-state index in [0.717, 1.165) is 12.1 Å². The van der Waals surface area contributed by atoms with Gasteiger partial charge in [-0.05, 0) is 18.2 Å². The van der Waals surface area contributed by atoms with Gasteiger partial charge >= 0.3 is 6.36 Å². The Morgan fingerprint density at radius 3 is 2.39 bits per heavy atom. The largest absolute Gasteiger partial charge is 0.573 e. The number of aromatic nitrogens is 3. The fourth-order valence-corrected chi connectivity index (χ4v) is 3.69. The van der Waals surface area contributed by atoms with Gasteiger partial charge in [0.1, 0.15) is 6.33 Å². The number of nitrogens with two attached hydrogens (primary N) is 1. The molecule has 0 saturated carbocycles. The number of nitrogens with one attached hydrogen (secondary N) is 1. The smallest absolute Gasteiger partial charge is 0.404 e. The molecule has 1 aromatic carbocycles. The Kier molecular flexibility index (Phi) is 7.41. The second-order valence-corrected chi connectivity index (χ2v) is 7.77. The zero-order valence-electron chi connectivity index (χ0n) is 18.8. The monoisotopic (exact) mass is 502 g/mol. The van der Waals surface area contributed by atoms with Crippen LogP contribution in [-0.4, -0.2) is 70.9 Å². The van der Waals surface area contributed by atoms with E-state index < -0.39 is 23.9 Å². The predicted molar refractivity (Wildman–Crippen MR) is 122 cm³/mol. The summed E-state index contributed by atoms with van der Waals surface area (Å²) in [5.41, 5.74) is 6.28. The van der Waals surface area contributed by atoms with E-state index in [2.05, 4.69) is 25.0 Å². The van der Waals surface area contributed by atoms with E-state index in [0.29, 0.717) is 37.4 Å². The third kappa shape index (κ3) is 6.12. The Balaban J connectivity index is 1.77. The highest BCUT2D eigenvalue weighted by Gasteiger charge is 2.34. The van der Waals surface area contributed by atoms with Gasteiger partial charge in [-0.2, -0.15) is 0 Å². The predicted octanol–water partition coefficient (Wildman–Crippen LogP) is 2.47. The van der Waals surface area contributed by atoms with E-state index >= 15 is 0 Å². The van der Waals surface area contributed by atoms with Gasteiger partial charge in [0.05, 0.1) is 36.7 Å². The number of morpholine rings is 1. The maximum absolute atomic E-state index is 13.2. The highest BCUT2D eigenvalue weighted by Crippen LogP contribution is 2.40. The van der Waals surface area contributed by atoms with Gasteiger partial charge in [-0.1, -0.05) is 6.07 Å². The van der Waals surface area contributed by atoms with Crippen molar-refractivity contribution in [2.75, 3.05) is 38.2 Å². The van der Waals surface area contributed by atoms with Crippen molar-refractivity contribution in [1.29, 1.82) is 0 Å². The van der Waals surface area contributed by atoms with E-state index in [9.17, 15) is 22.8 Å². The number of halogens is 3. The summed E-state index contributed by atoms with van der Waals surface area (Å²) in [7, 11) is 0. The molecule has 0 spiro atoms. The molecule has 188 valence electrons. The standard InChI is InChI=1S/C23H21F3N6O4/c24-23(25,26)36-18-4-2-16(22(27)34)20(21(18)31-19(33)12-32-5-7-35-8-6-32)17-3-1-14(11-30-17)15-9-28-13-29-10-15/h1-4,9-11,13H,5-8,12H2,(H2,27,34)(H,31,33). The van der Waals surface area contributed by atoms with Crippen molar-refractivity contribution in [2.24, 2.45) is 5.73 Å². The minimum absolute atomic E-state index is 0.0960. The van der Waals surface area contributed by atoms with Gasteiger partial charge in [-0.15, -0.1) is 13.2 Å². The van der Waals surface area contributed by atoms with Crippen molar-refractivity contribution in [3.05, 3.63) is 54.7 Å². The number of benzene rings is 1. The molecule has 1 aliphatic heterocycles. The van der Waals surface area contributed by atoms with E-state index in [-0.39, 0.29) is 29.1 Å². The van der Waals surface area contributed by atoms with Crippen molar-refractivity contribution in [2.45, 2.75) is 6.36 Å². The number of hydrogen-bond acceptors (Lipinski definition) is 8. The lowest BCUT2D eigenvalue weighted by Crippen LogP contribution is -2.41. The molecule has 3 heterocycles. The topological polar surface area (TPSA) is 133 Å². The maximum Gasteiger partial charge on any atom is 0.573 e. The molecule has 0 atom stereocenters. The third-order valence-electron chi connectivity index (χ3n) is 5.31. The number of amides is 2. The summed E-state index contributed by atoms with van der Waals surface area (Å²) in [6, 6.07) is 5.13. The van der Waals surface area contributed by atoms with Crippen LogP contribution in [0.1, 0.15) is 10.4 Å². The molecule has 10 nitrogen and oxygen atoms in total. The van der Waals surface area contributed by atoms with Gasteiger partial charge in [0, 0.05) is 48.4 Å². The second kappa shape index (κ2) is 10.7. The highest BCUT2D eigenvalue weighted by molar-refractivity contribution is 6.07. The molecule has 13 heteroatoms. The minimum atomic E-state index is -5.06. The first-order valence-electron chi connectivity index (χ1n) is 10.8. The SMILES string of the molecule is NC(=O)c1ccc(OC(F)(F)F)c(NC(=O)CN2CCOCC2)c1-c1ccc(-c2cncnc2)cn1. The quantitative estimate of drug-likeness (QED) is 0.504. The first kappa shape index (κ1) is 25.0. The van der Waals surface area contributed by atoms with Crippen molar-refractivity contribution in [3.63, 3.8) is 0 Å². The van der Waals surface area contributed by atoms with E-state index in [1.54, 1.807) is 23.4 Å². The Bertz CT molecular complexity index is 1230. The van der Waals surface area contributed by atoms with Crippen molar-refractivity contribution < 1.29 is 32.2 Å². The van der Waals surface area contributed by atoms with Crippen molar-refractivity contribution in [3.8, 4) is 28.1 Å². The molecule has 3 N–H and O–H groups in total. The molecule has 1 fully saturated rings. The number of nitrogens with zero attached hydrogens (tertiary/aromatic N) is 4. The van der Waals surface area contributed by atoms with Gasteiger partial charge in [-0.25, -0.2) is 9.97 Å². The third-order valence-corrected chi connectivity index (χ3v) is 5.31. The molecule has 1 aliphatic rings. The number of hydrogen-bond donors (Lipinski definition) is 2. The van der Waals surface area contributed by atoms with Crippen LogP contribution in [0.2, 0.25) is 0 Å². The minimum Gasteiger partial charge on any atom is -0.404 e. The summed E-state index contributed by atoms with van der Waals surface area (Å²) in [4.78, 5) is 39.0. The molecule has 0 aliphatic carbocycles. The molecule has 0 radical (unpaired) electrons. The Labute approximate surface area is 203 Å². The highest BCUT2D eigenvalue weighted by atomic mass is 19.4. The zero-order valence-corrected chi connectivity index (χ0v) is 18.8. The zero-order chi connectivity index (χ0) is 25.7. The normalized spacial score (nSPS) is 14.3. The van der Waals surface area contributed by atoms with Crippen LogP contribution in [0.4, 0.5) is 18.9 Å². The molecule has 2 amide bonds.